The SMILES string of the molecule is CC(C)(C)C1CN(C2CCCCC2)C2C1C2(C)C. The molecule has 3 atom stereocenters. The van der Waals surface area contributed by atoms with Crippen molar-refractivity contribution in [2.75, 3.05) is 6.54 Å². The molecule has 3 aliphatic rings. The summed E-state index contributed by atoms with van der Waals surface area (Å²) in [5, 5.41) is 0. The fourth-order valence-electron chi connectivity index (χ4n) is 5.08. The van der Waals surface area contributed by atoms with E-state index >= 15 is 0 Å². The van der Waals surface area contributed by atoms with Crippen molar-refractivity contribution < 1.29 is 0 Å². The molecule has 2 aliphatic carbocycles. The van der Waals surface area contributed by atoms with E-state index in [-0.39, 0.29) is 0 Å². The van der Waals surface area contributed by atoms with Gasteiger partial charge >= 0.3 is 0 Å². The lowest BCUT2D eigenvalue weighted by molar-refractivity contribution is 0.0986. The second-order valence-electron chi connectivity index (χ2n) is 8.75. The van der Waals surface area contributed by atoms with E-state index in [0.717, 1.165) is 23.9 Å². The largest absolute Gasteiger partial charge is 0.296 e. The van der Waals surface area contributed by atoms with Crippen molar-refractivity contribution in [3.05, 3.63) is 0 Å². The van der Waals surface area contributed by atoms with Crippen LogP contribution in [0.4, 0.5) is 0 Å². The number of rotatable bonds is 1. The smallest absolute Gasteiger partial charge is 0.0190 e. The molecule has 0 aromatic carbocycles. The first-order valence-electron chi connectivity index (χ1n) is 8.09. The van der Waals surface area contributed by atoms with E-state index in [1.54, 1.807) is 0 Å². The van der Waals surface area contributed by atoms with Gasteiger partial charge in [0.25, 0.3) is 0 Å². The van der Waals surface area contributed by atoms with E-state index in [9.17, 15) is 0 Å². The van der Waals surface area contributed by atoms with Gasteiger partial charge in [-0.3, -0.25) is 4.90 Å². The van der Waals surface area contributed by atoms with Gasteiger partial charge in [-0.15, -0.1) is 0 Å². The van der Waals surface area contributed by atoms with Crippen LogP contribution in [0.2, 0.25) is 0 Å². The standard InChI is InChI=1S/C17H31N/c1-16(2,3)13-11-18(12-9-7-6-8-10-12)15-14(13)17(15,4)5/h12-15H,6-11H2,1-5H3. The van der Waals surface area contributed by atoms with Gasteiger partial charge < -0.3 is 0 Å². The number of nitrogens with zero attached hydrogens (tertiary/aromatic N) is 1. The van der Waals surface area contributed by atoms with Crippen molar-refractivity contribution in [1.29, 1.82) is 0 Å². The number of piperidine rings is 1. The average molecular weight is 249 g/mol. The molecule has 2 saturated carbocycles. The van der Waals surface area contributed by atoms with Gasteiger partial charge in [0.15, 0.2) is 0 Å². The molecule has 18 heavy (non-hydrogen) atoms. The van der Waals surface area contributed by atoms with Crippen LogP contribution in [0, 0.1) is 22.7 Å². The molecule has 0 aromatic rings. The Morgan fingerprint density at radius 3 is 2.11 bits per heavy atom. The van der Waals surface area contributed by atoms with E-state index < -0.39 is 0 Å². The Balaban J connectivity index is 1.77. The molecule has 3 fully saturated rings. The number of hydrogen-bond donors (Lipinski definition) is 0. The monoisotopic (exact) mass is 249 g/mol. The summed E-state index contributed by atoms with van der Waals surface area (Å²) in [5.74, 6) is 1.89. The average Bonchev–Trinajstić information content (AvgIpc) is 2.72. The van der Waals surface area contributed by atoms with Gasteiger partial charge in [-0.25, -0.2) is 0 Å². The summed E-state index contributed by atoms with van der Waals surface area (Å²) in [6.45, 7) is 13.8. The molecule has 0 aromatic heterocycles. The number of likely N-dealkylation sites (tertiary alicyclic amines) is 1. The Hall–Kier alpha value is -0.0400. The Bertz CT molecular complexity index is 319. The summed E-state index contributed by atoms with van der Waals surface area (Å²) in [6, 6.07) is 1.82. The van der Waals surface area contributed by atoms with E-state index in [4.69, 9.17) is 0 Å². The van der Waals surface area contributed by atoms with Crippen molar-refractivity contribution >= 4 is 0 Å². The minimum atomic E-state index is 0.486. The van der Waals surface area contributed by atoms with Gasteiger partial charge in [0.2, 0.25) is 0 Å². The maximum atomic E-state index is 2.93. The second kappa shape index (κ2) is 3.98. The minimum Gasteiger partial charge on any atom is -0.296 e. The van der Waals surface area contributed by atoms with Gasteiger partial charge in [-0.1, -0.05) is 53.9 Å². The first-order chi connectivity index (χ1) is 8.33. The van der Waals surface area contributed by atoms with Crippen molar-refractivity contribution in [1.82, 2.24) is 4.90 Å². The van der Waals surface area contributed by atoms with Crippen molar-refractivity contribution in [2.24, 2.45) is 22.7 Å². The molecule has 1 heteroatoms. The van der Waals surface area contributed by atoms with Crippen LogP contribution in [0.15, 0.2) is 0 Å². The topological polar surface area (TPSA) is 3.24 Å². The Labute approximate surface area is 113 Å². The Morgan fingerprint density at radius 1 is 1.00 bits per heavy atom. The third kappa shape index (κ3) is 1.85. The highest BCUT2D eigenvalue weighted by Gasteiger charge is 2.69. The second-order valence-corrected chi connectivity index (χ2v) is 8.75. The highest BCUT2D eigenvalue weighted by Crippen LogP contribution is 2.67. The summed E-state index contributed by atoms with van der Waals surface area (Å²) in [6.07, 6.45) is 7.36. The molecule has 0 radical (unpaired) electrons. The van der Waals surface area contributed by atoms with E-state index in [2.05, 4.69) is 39.5 Å². The van der Waals surface area contributed by atoms with Crippen LogP contribution in [-0.2, 0) is 0 Å². The molecule has 1 saturated heterocycles. The lowest BCUT2D eigenvalue weighted by Crippen LogP contribution is -2.42. The fraction of sp³-hybridized carbons (Fsp3) is 1.00. The zero-order valence-corrected chi connectivity index (χ0v) is 13.0. The van der Waals surface area contributed by atoms with Crippen LogP contribution >= 0.6 is 0 Å². The zero-order chi connectivity index (χ0) is 13.1. The van der Waals surface area contributed by atoms with Gasteiger partial charge in [0.1, 0.15) is 0 Å². The third-order valence-electron chi connectivity index (χ3n) is 6.21. The summed E-state index contributed by atoms with van der Waals surface area (Å²) in [4.78, 5) is 2.93. The van der Waals surface area contributed by atoms with Gasteiger partial charge in [0.05, 0.1) is 0 Å². The van der Waals surface area contributed by atoms with Crippen LogP contribution in [0.25, 0.3) is 0 Å². The maximum absolute atomic E-state index is 2.93. The van der Waals surface area contributed by atoms with Crippen LogP contribution in [0.5, 0.6) is 0 Å². The zero-order valence-electron chi connectivity index (χ0n) is 13.0. The van der Waals surface area contributed by atoms with Crippen LogP contribution < -0.4 is 0 Å². The third-order valence-corrected chi connectivity index (χ3v) is 6.21. The van der Waals surface area contributed by atoms with Gasteiger partial charge in [-0.2, -0.15) is 0 Å². The van der Waals surface area contributed by atoms with Crippen LogP contribution in [-0.4, -0.2) is 23.5 Å². The van der Waals surface area contributed by atoms with E-state index in [1.165, 1.54) is 38.6 Å². The van der Waals surface area contributed by atoms with Crippen LogP contribution in [0.3, 0.4) is 0 Å². The number of fused-ring (bicyclic) bond motifs is 1. The molecule has 0 spiro atoms. The molecule has 104 valence electrons. The summed E-state index contributed by atoms with van der Waals surface area (Å²) >= 11 is 0. The lowest BCUT2D eigenvalue weighted by Gasteiger charge is -2.38. The van der Waals surface area contributed by atoms with E-state index in [1.807, 2.05) is 0 Å². The van der Waals surface area contributed by atoms with Crippen molar-refractivity contribution in [2.45, 2.75) is 78.8 Å². The molecule has 1 nitrogen and oxygen atoms in total. The molecular formula is C17H31N. The normalized spacial score (nSPS) is 40.8. The number of hydrogen-bond acceptors (Lipinski definition) is 1. The molecule has 1 aliphatic heterocycles. The quantitative estimate of drug-likeness (QED) is 0.669. The Kier molecular flexibility index (Phi) is 2.86. The highest BCUT2D eigenvalue weighted by molar-refractivity contribution is 5.21. The predicted octanol–water partition coefficient (Wildman–Crippen LogP) is 4.32. The molecule has 3 rings (SSSR count). The predicted molar refractivity (Wildman–Crippen MR) is 77.6 cm³/mol. The lowest BCUT2D eigenvalue weighted by atomic mass is 9.76. The Morgan fingerprint density at radius 2 is 1.61 bits per heavy atom. The van der Waals surface area contributed by atoms with Crippen molar-refractivity contribution in [3.63, 3.8) is 0 Å². The highest BCUT2D eigenvalue weighted by atomic mass is 15.3. The summed E-state index contributed by atoms with van der Waals surface area (Å²) in [5.41, 5.74) is 1.08. The molecule has 0 N–H and O–H groups in total. The maximum Gasteiger partial charge on any atom is 0.0190 e. The molecular weight excluding hydrogens is 218 g/mol. The van der Waals surface area contributed by atoms with Gasteiger partial charge in [-0.05, 0) is 35.5 Å². The fourth-order valence-corrected chi connectivity index (χ4v) is 5.08. The molecule has 0 amide bonds. The van der Waals surface area contributed by atoms with Crippen LogP contribution in [0.1, 0.15) is 66.7 Å². The molecule has 1 heterocycles. The van der Waals surface area contributed by atoms with E-state index in [0.29, 0.717) is 10.8 Å². The first-order valence-corrected chi connectivity index (χ1v) is 8.09. The molecule has 0 bridgehead atoms. The molecule has 3 unspecified atom stereocenters. The van der Waals surface area contributed by atoms with Gasteiger partial charge in [0, 0.05) is 18.6 Å². The summed E-state index contributed by atoms with van der Waals surface area (Å²) in [7, 11) is 0. The first kappa shape index (κ1) is 13.0. The summed E-state index contributed by atoms with van der Waals surface area (Å²) < 4.78 is 0. The minimum absolute atomic E-state index is 0.486. The van der Waals surface area contributed by atoms with Crippen molar-refractivity contribution in [3.8, 4) is 0 Å².